The Balaban J connectivity index is 1.70. The van der Waals surface area contributed by atoms with Crippen LogP contribution in [0.1, 0.15) is 22.4 Å². The average molecular weight is 369 g/mol. The number of aromatic nitrogens is 2. The molecule has 0 aliphatic carbocycles. The van der Waals surface area contributed by atoms with Crippen molar-refractivity contribution in [3.05, 3.63) is 65.3 Å². The van der Waals surface area contributed by atoms with Gasteiger partial charge in [-0.2, -0.15) is 0 Å². The fourth-order valence-electron chi connectivity index (χ4n) is 3.03. The van der Waals surface area contributed by atoms with Crippen molar-refractivity contribution in [3.8, 4) is 11.5 Å². The van der Waals surface area contributed by atoms with Gasteiger partial charge >= 0.3 is 0 Å². The standard InChI is InChI=1S/C19H16FN3O2S/c1-11-9-14(18-22-21-12(2)25-18)5-8-16(11)23-17(24)10-26-19(23)13-3-6-15(20)7-4-13/h3-9,19H,10H2,1-2H3. The third kappa shape index (κ3) is 2.99. The zero-order valence-corrected chi connectivity index (χ0v) is 15.1. The van der Waals surface area contributed by atoms with Crippen LogP contribution in [0.3, 0.4) is 0 Å². The van der Waals surface area contributed by atoms with Gasteiger partial charge in [-0.25, -0.2) is 4.39 Å². The highest BCUT2D eigenvalue weighted by atomic mass is 32.2. The van der Waals surface area contributed by atoms with E-state index in [0.29, 0.717) is 17.5 Å². The lowest BCUT2D eigenvalue weighted by molar-refractivity contribution is -0.115. The Morgan fingerprint density at radius 2 is 1.92 bits per heavy atom. The van der Waals surface area contributed by atoms with Gasteiger partial charge in [0.05, 0.1) is 5.75 Å². The molecule has 1 unspecified atom stereocenters. The molecule has 1 aliphatic rings. The maximum Gasteiger partial charge on any atom is 0.247 e. The van der Waals surface area contributed by atoms with Gasteiger partial charge in [-0.1, -0.05) is 12.1 Å². The Bertz CT molecular complexity index is 971. The van der Waals surface area contributed by atoms with E-state index in [1.807, 2.05) is 25.1 Å². The minimum Gasteiger partial charge on any atom is -0.421 e. The number of halogens is 1. The van der Waals surface area contributed by atoms with E-state index >= 15 is 0 Å². The molecule has 0 radical (unpaired) electrons. The molecule has 7 heteroatoms. The first-order valence-electron chi connectivity index (χ1n) is 8.13. The molecule has 3 aromatic rings. The molecule has 1 fully saturated rings. The molecule has 1 atom stereocenters. The van der Waals surface area contributed by atoms with Crippen molar-refractivity contribution in [2.24, 2.45) is 0 Å². The molecule has 1 amide bonds. The normalized spacial score (nSPS) is 17.1. The van der Waals surface area contributed by atoms with Gasteiger partial charge in [0.25, 0.3) is 0 Å². The summed E-state index contributed by atoms with van der Waals surface area (Å²) in [7, 11) is 0. The van der Waals surface area contributed by atoms with E-state index in [-0.39, 0.29) is 17.1 Å². The van der Waals surface area contributed by atoms with Crippen LogP contribution < -0.4 is 4.90 Å². The summed E-state index contributed by atoms with van der Waals surface area (Å²) in [6.07, 6.45) is 0. The van der Waals surface area contributed by atoms with Crippen LogP contribution in [0.2, 0.25) is 0 Å². The van der Waals surface area contributed by atoms with Gasteiger partial charge in [-0.3, -0.25) is 9.69 Å². The monoisotopic (exact) mass is 369 g/mol. The fraction of sp³-hybridized carbons (Fsp3) is 0.211. The Morgan fingerprint density at radius 3 is 2.58 bits per heavy atom. The van der Waals surface area contributed by atoms with Gasteiger partial charge in [0, 0.05) is 18.2 Å². The molecule has 1 aliphatic heterocycles. The lowest BCUT2D eigenvalue weighted by Crippen LogP contribution is -2.28. The number of rotatable bonds is 3. The molecule has 0 spiro atoms. The topological polar surface area (TPSA) is 59.2 Å². The molecule has 2 aromatic carbocycles. The Morgan fingerprint density at radius 1 is 1.15 bits per heavy atom. The lowest BCUT2D eigenvalue weighted by Gasteiger charge is -2.26. The predicted molar refractivity (Wildman–Crippen MR) is 98.3 cm³/mol. The number of amides is 1. The number of hydrogen-bond donors (Lipinski definition) is 0. The Kier molecular flexibility index (Phi) is 4.24. The summed E-state index contributed by atoms with van der Waals surface area (Å²) in [6.45, 7) is 3.69. The third-order valence-electron chi connectivity index (χ3n) is 4.25. The quantitative estimate of drug-likeness (QED) is 0.690. The van der Waals surface area contributed by atoms with Crippen LogP contribution in [-0.4, -0.2) is 21.9 Å². The van der Waals surface area contributed by atoms with Crippen LogP contribution in [0.5, 0.6) is 0 Å². The number of benzene rings is 2. The molecule has 5 nitrogen and oxygen atoms in total. The zero-order chi connectivity index (χ0) is 18.3. The zero-order valence-electron chi connectivity index (χ0n) is 14.3. The van der Waals surface area contributed by atoms with Crippen molar-refractivity contribution in [1.29, 1.82) is 0 Å². The van der Waals surface area contributed by atoms with Crippen LogP contribution >= 0.6 is 11.8 Å². The van der Waals surface area contributed by atoms with E-state index in [0.717, 1.165) is 22.4 Å². The van der Waals surface area contributed by atoms with Crippen LogP contribution in [0.25, 0.3) is 11.5 Å². The maximum absolute atomic E-state index is 13.2. The van der Waals surface area contributed by atoms with Crippen LogP contribution in [0.4, 0.5) is 10.1 Å². The first kappa shape index (κ1) is 16.8. The highest BCUT2D eigenvalue weighted by Gasteiger charge is 2.34. The Hall–Kier alpha value is -2.67. The number of hydrogen-bond acceptors (Lipinski definition) is 5. The van der Waals surface area contributed by atoms with Gasteiger partial charge in [0.1, 0.15) is 11.2 Å². The number of anilines is 1. The van der Waals surface area contributed by atoms with Crippen molar-refractivity contribution in [3.63, 3.8) is 0 Å². The minimum absolute atomic E-state index is 0.0359. The minimum atomic E-state index is -0.287. The molecule has 0 saturated carbocycles. The summed E-state index contributed by atoms with van der Waals surface area (Å²) in [6, 6.07) is 12.0. The molecule has 4 rings (SSSR count). The molecule has 26 heavy (non-hydrogen) atoms. The maximum atomic E-state index is 13.2. The lowest BCUT2D eigenvalue weighted by atomic mass is 10.1. The van der Waals surface area contributed by atoms with Crippen LogP contribution in [0, 0.1) is 19.7 Å². The fourth-order valence-corrected chi connectivity index (χ4v) is 4.20. The second kappa shape index (κ2) is 6.57. The van der Waals surface area contributed by atoms with Crippen LogP contribution in [-0.2, 0) is 4.79 Å². The average Bonchev–Trinajstić information content (AvgIpc) is 3.22. The molecule has 1 aromatic heterocycles. The van der Waals surface area contributed by atoms with Gasteiger partial charge < -0.3 is 4.42 Å². The van der Waals surface area contributed by atoms with Gasteiger partial charge in [0.2, 0.25) is 17.7 Å². The molecular weight excluding hydrogens is 353 g/mol. The van der Waals surface area contributed by atoms with E-state index in [9.17, 15) is 9.18 Å². The second-order valence-electron chi connectivity index (χ2n) is 6.11. The van der Waals surface area contributed by atoms with Gasteiger partial charge in [-0.05, 0) is 48.4 Å². The summed E-state index contributed by atoms with van der Waals surface area (Å²) < 4.78 is 18.7. The molecule has 132 valence electrons. The molecule has 1 saturated heterocycles. The van der Waals surface area contributed by atoms with Crippen LogP contribution in [0.15, 0.2) is 46.9 Å². The summed E-state index contributed by atoms with van der Waals surface area (Å²) in [5, 5.41) is 7.71. The van der Waals surface area contributed by atoms with Gasteiger partial charge in [-0.15, -0.1) is 22.0 Å². The van der Waals surface area contributed by atoms with Crippen molar-refractivity contribution in [1.82, 2.24) is 10.2 Å². The van der Waals surface area contributed by atoms with E-state index in [1.165, 1.54) is 23.9 Å². The molecule has 0 bridgehead atoms. The summed E-state index contributed by atoms with van der Waals surface area (Å²) in [4.78, 5) is 14.3. The first-order chi connectivity index (χ1) is 12.5. The summed E-state index contributed by atoms with van der Waals surface area (Å²) in [5.41, 5.74) is 3.47. The molecule has 0 N–H and O–H groups in total. The van der Waals surface area contributed by atoms with E-state index in [2.05, 4.69) is 10.2 Å². The number of thioether (sulfide) groups is 1. The third-order valence-corrected chi connectivity index (χ3v) is 5.46. The summed E-state index contributed by atoms with van der Waals surface area (Å²) >= 11 is 1.54. The predicted octanol–water partition coefficient (Wildman–Crippen LogP) is 4.27. The van der Waals surface area contributed by atoms with E-state index < -0.39 is 0 Å². The Labute approximate surface area is 154 Å². The second-order valence-corrected chi connectivity index (χ2v) is 7.17. The molecule has 2 heterocycles. The van der Waals surface area contributed by atoms with Crippen molar-refractivity contribution >= 4 is 23.4 Å². The van der Waals surface area contributed by atoms with E-state index in [1.54, 1.807) is 24.0 Å². The highest BCUT2D eigenvalue weighted by molar-refractivity contribution is 8.00. The number of carbonyl (C=O) groups is 1. The smallest absolute Gasteiger partial charge is 0.247 e. The van der Waals surface area contributed by atoms with Crippen molar-refractivity contribution < 1.29 is 13.6 Å². The number of nitrogens with zero attached hydrogens (tertiary/aromatic N) is 3. The summed E-state index contributed by atoms with van der Waals surface area (Å²) in [5.74, 6) is 1.10. The largest absolute Gasteiger partial charge is 0.421 e. The number of carbonyl (C=O) groups excluding carboxylic acids is 1. The van der Waals surface area contributed by atoms with Gasteiger partial charge in [0.15, 0.2) is 0 Å². The van der Waals surface area contributed by atoms with Crippen molar-refractivity contribution in [2.45, 2.75) is 19.2 Å². The first-order valence-corrected chi connectivity index (χ1v) is 9.18. The number of aryl methyl sites for hydroxylation is 2. The SMILES string of the molecule is Cc1nnc(-c2ccc(N3C(=O)CSC3c3ccc(F)cc3)c(C)c2)o1. The van der Waals surface area contributed by atoms with E-state index in [4.69, 9.17) is 4.42 Å². The molecular formula is C19H16FN3O2S. The highest BCUT2D eigenvalue weighted by Crippen LogP contribution is 2.43. The van der Waals surface area contributed by atoms with Crippen molar-refractivity contribution in [2.75, 3.05) is 10.7 Å².